The first-order chi connectivity index (χ1) is 12.6. The molecule has 0 bridgehead atoms. The van der Waals surface area contributed by atoms with Crippen molar-refractivity contribution in [2.24, 2.45) is 0 Å². The van der Waals surface area contributed by atoms with Crippen LogP contribution >= 0.6 is 11.6 Å². The third-order valence-corrected chi connectivity index (χ3v) is 4.15. The molecule has 0 radical (unpaired) electrons. The highest BCUT2D eigenvalue weighted by molar-refractivity contribution is 6.31. The maximum Gasteiger partial charge on any atom is 0.275 e. The highest BCUT2D eigenvalue weighted by Gasteiger charge is 2.15. The second-order valence-corrected chi connectivity index (χ2v) is 6.11. The number of nitrogens with zero attached hydrogens (tertiary/aromatic N) is 6. The lowest BCUT2D eigenvalue weighted by Gasteiger charge is -2.06. The maximum atomic E-state index is 12.6. The molecule has 1 aromatic carbocycles. The normalized spacial score (nSPS) is 11.0. The number of rotatable bonds is 4. The molecule has 0 unspecified atom stereocenters. The smallest absolute Gasteiger partial charge is 0.275 e. The van der Waals surface area contributed by atoms with Gasteiger partial charge in [0.15, 0.2) is 5.82 Å². The zero-order chi connectivity index (χ0) is 18.1. The van der Waals surface area contributed by atoms with Crippen molar-refractivity contribution < 1.29 is 4.79 Å². The Bertz CT molecular complexity index is 1100. The summed E-state index contributed by atoms with van der Waals surface area (Å²) in [6.07, 6.45) is 3.14. The fourth-order valence-electron chi connectivity index (χ4n) is 2.59. The van der Waals surface area contributed by atoms with Crippen molar-refractivity contribution in [2.45, 2.75) is 13.5 Å². The number of anilines is 1. The van der Waals surface area contributed by atoms with Crippen molar-refractivity contribution in [3.63, 3.8) is 0 Å². The molecule has 3 heterocycles. The van der Waals surface area contributed by atoms with Gasteiger partial charge < -0.3 is 5.32 Å². The van der Waals surface area contributed by atoms with E-state index in [1.807, 2.05) is 24.3 Å². The first-order valence-corrected chi connectivity index (χ1v) is 8.23. The average Bonchev–Trinajstić information content (AvgIpc) is 3.25. The van der Waals surface area contributed by atoms with Crippen molar-refractivity contribution in [1.82, 2.24) is 29.4 Å². The molecular formula is C17H14ClN7O. The molecule has 9 heteroatoms. The molecule has 0 aliphatic rings. The number of nitrogens with one attached hydrogen (secondary N) is 1. The summed E-state index contributed by atoms with van der Waals surface area (Å²) in [5, 5.41) is 11.8. The lowest BCUT2D eigenvalue weighted by molar-refractivity contribution is 0.101. The molecule has 4 aromatic rings. The fraction of sp³-hybridized carbons (Fsp3) is 0.118. The molecule has 1 amide bonds. The Morgan fingerprint density at radius 2 is 2.12 bits per heavy atom. The molecule has 0 spiro atoms. The molecule has 8 nitrogen and oxygen atoms in total. The zero-order valence-corrected chi connectivity index (χ0v) is 14.6. The largest absolute Gasteiger partial charge is 0.304 e. The monoisotopic (exact) mass is 367 g/mol. The second-order valence-electron chi connectivity index (χ2n) is 5.70. The Kier molecular flexibility index (Phi) is 4.10. The van der Waals surface area contributed by atoms with Crippen LogP contribution in [0.25, 0.3) is 5.78 Å². The van der Waals surface area contributed by atoms with Crippen molar-refractivity contribution >= 4 is 29.1 Å². The number of benzene rings is 1. The SMILES string of the molecule is Cc1cc(C(=O)Nc2ccn(Cc3ccccc3Cl)n2)n2ncnc2n1. The fourth-order valence-corrected chi connectivity index (χ4v) is 2.79. The van der Waals surface area contributed by atoms with Crippen LogP contribution in [0.4, 0.5) is 5.82 Å². The predicted octanol–water partition coefficient (Wildman–Crippen LogP) is 2.58. The molecule has 1 N–H and O–H groups in total. The number of carbonyl (C=O) groups is 1. The van der Waals surface area contributed by atoms with E-state index in [0.717, 1.165) is 5.56 Å². The first-order valence-electron chi connectivity index (χ1n) is 7.86. The molecular weight excluding hydrogens is 354 g/mol. The van der Waals surface area contributed by atoms with Crippen LogP contribution in [0.2, 0.25) is 5.02 Å². The summed E-state index contributed by atoms with van der Waals surface area (Å²) in [4.78, 5) is 20.8. The van der Waals surface area contributed by atoms with Gasteiger partial charge in [-0.25, -0.2) is 4.98 Å². The Balaban J connectivity index is 1.54. The lowest BCUT2D eigenvalue weighted by Crippen LogP contribution is -2.18. The number of aryl methyl sites for hydroxylation is 1. The number of hydrogen-bond acceptors (Lipinski definition) is 5. The van der Waals surface area contributed by atoms with Crippen LogP contribution < -0.4 is 5.32 Å². The van der Waals surface area contributed by atoms with Gasteiger partial charge in [-0.2, -0.15) is 19.7 Å². The van der Waals surface area contributed by atoms with E-state index in [2.05, 4.69) is 25.5 Å². The third kappa shape index (κ3) is 3.14. The van der Waals surface area contributed by atoms with E-state index < -0.39 is 0 Å². The van der Waals surface area contributed by atoms with Gasteiger partial charge in [0.25, 0.3) is 11.7 Å². The standard InChI is InChI=1S/C17H14ClN7O/c1-11-8-14(25-17(21-11)19-10-20-25)16(26)22-15-6-7-24(23-15)9-12-4-2-3-5-13(12)18/h2-8,10H,9H2,1H3,(H,22,23,26). The van der Waals surface area contributed by atoms with Gasteiger partial charge in [-0.05, 0) is 24.6 Å². The van der Waals surface area contributed by atoms with Crippen molar-refractivity contribution in [1.29, 1.82) is 0 Å². The van der Waals surface area contributed by atoms with Crippen LogP contribution in [-0.4, -0.2) is 35.3 Å². The summed E-state index contributed by atoms with van der Waals surface area (Å²) in [5.41, 5.74) is 1.97. The number of halogens is 1. The molecule has 26 heavy (non-hydrogen) atoms. The summed E-state index contributed by atoms with van der Waals surface area (Å²) < 4.78 is 3.10. The van der Waals surface area contributed by atoms with Gasteiger partial charge in [-0.3, -0.25) is 9.48 Å². The number of amides is 1. The first kappa shape index (κ1) is 16.2. The molecule has 0 atom stereocenters. The summed E-state index contributed by atoms with van der Waals surface area (Å²) in [7, 11) is 0. The zero-order valence-electron chi connectivity index (χ0n) is 13.8. The second kappa shape index (κ2) is 6.57. The highest BCUT2D eigenvalue weighted by atomic mass is 35.5. The van der Waals surface area contributed by atoms with E-state index in [9.17, 15) is 4.79 Å². The van der Waals surface area contributed by atoms with Crippen LogP contribution in [0.15, 0.2) is 48.9 Å². The average molecular weight is 368 g/mol. The van der Waals surface area contributed by atoms with Gasteiger partial charge in [0.2, 0.25) is 0 Å². The van der Waals surface area contributed by atoms with Crippen LogP contribution in [0.3, 0.4) is 0 Å². The van der Waals surface area contributed by atoms with Gasteiger partial charge in [0.1, 0.15) is 12.0 Å². The minimum absolute atomic E-state index is 0.339. The van der Waals surface area contributed by atoms with E-state index in [1.165, 1.54) is 10.8 Å². The van der Waals surface area contributed by atoms with Gasteiger partial charge in [-0.15, -0.1) is 0 Å². The van der Waals surface area contributed by atoms with Gasteiger partial charge >= 0.3 is 0 Å². The van der Waals surface area contributed by atoms with Crippen molar-refractivity contribution in [2.75, 3.05) is 5.32 Å². The molecule has 0 saturated carbocycles. The van der Waals surface area contributed by atoms with E-state index in [0.29, 0.717) is 34.6 Å². The van der Waals surface area contributed by atoms with Crippen molar-refractivity contribution in [3.8, 4) is 0 Å². The Labute approximate surface area is 153 Å². The number of aromatic nitrogens is 6. The van der Waals surface area contributed by atoms with Crippen LogP contribution in [0.1, 0.15) is 21.7 Å². The Morgan fingerprint density at radius 1 is 1.27 bits per heavy atom. The number of carbonyl (C=O) groups excluding carboxylic acids is 1. The molecule has 0 saturated heterocycles. The molecule has 0 aliphatic heterocycles. The highest BCUT2D eigenvalue weighted by Crippen LogP contribution is 2.16. The van der Waals surface area contributed by atoms with E-state index in [1.54, 1.807) is 29.9 Å². The molecule has 130 valence electrons. The molecule has 0 fully saturated rings. The van der Waals surface area contributed by atoms with Gasteiger partial charge in [0, 0.05) is 23.0 Å². The summed E-state index contributed by atoms with van der Waals surface area (Å²) >= 11 is 6.17. The summed E-state index contributed by atoms with van der Waals surface area (Å²) in [5.74, 6) is 0.471. The van der Waals surface area contributed by atoms with Crippen LogP contribution in [-0.2, 0) is 6.54 Å². The van der Waals surface area contributed by atoms with Gasteiger partial charge in [-0.1, -0.05) is 29.8 Å². The van der Waals surface area contributed by atoms with E-state index in [-0.39, 0.29) is 5.91 Å². The van der Waals surface area contributed by atoms with E-state index >= 15 is 0 Å². The number of hydrogen-bond donors (Lipinski definition) is 1. The van der Waals surface area contributed by atoms with Gasteiger partial charge in [0.05, 0.1) is 6.54 Å². The summed E-state index contributed by atoms with van der Waals surface area (Å²) in [6.45, 7) is 2.31. The number of fused-ring (bicyclic) bond motifs is 1. The maximum absolute atomic E-state index is 12.6. The molecule has 3 aromatic heterocycles. The molecule has 0 aliphatic carbocycles. The molecule has 4 rings (SSSR count). The quantitative estimate of drug-likeness (QED) is 0.598. The Hall–Kier alpha value is -3.26. The lowest BCUT2D eigenvalue weighted by atomic mass is 10.2. The van der Waals surface area contributed by atoms with Crippen LogP contribution in [0.5, 0.6) is 0 Å². The van der Waals surface area contributed by atoms with Crippen LogP contribution in [0, 0.1) is 6.92 Å². The predicted molar refractivity (Wildman–Crippen MR) is 96.3 cm³/mol. The third-order valence-electron chi connectivity index (χ3n) is 3.78. The Morgan fingerprint density at radius 3 is 2.96 bits per heavy atom. The van der Waals surface area contributed by atoms with Crippen molar-refractivity contribution in [3.05, 3.63) is 70.9 Å². The minimum Gasteiger partial charge on any atom is -0.304 e. The minimum atomic E-state index is -0.339. The van der Waals surface area contributed by atoms with E-state index in [4.69, 9.17) is 11.6 Å². The summed E-state index contributed by atoms with van der Waals surface area (Å²) in [6, 6.07) is 10.9. The topological polar surface area (TPSA) is 90.0 Å².